The van der Waals surface area contributed by atoms with E-state index in [-0.39, 0.29) is 18.1 Å². The average molecular weight is 225 g/mol. The number of nitrogens with zero attached hydrogens (tertiary/aromatic N) is 2. The molecule has 1 aromatic rings. The zero-order valence-corrected chi connectivity index (χ0v) is 9.40. The fourth-order valence-electron chi connectivity index (χ4n) is 1.25. The van der Waals surface area contributed by atoms with E-state index in [1.807, 2.05) is 6.92 Å². The van der Waals surface area contributed by atoms with Gasteiger partial charge in [0.05, 0.1) is 12.9 Å². The lowest BCUT2D eigenvalue weighted by atomic mass is 10.4. The summed E-state index contributed by atoms with van der Waals surface area (Å²) in [5, 5.41) is 0. The molecule has 0 saturated heterocycles. The minimum Gasteiger partial charge on any atom is -0.465 e. The zero-order chi connectivity index (χ0) is 12.0. The molecule has 0 saturated carbocycles. The molecule has 16 heavy (non-hydrogen) atoms. The molecule has 0 atom stereocenters. The summed E-state index contributed by atoms with van der Waals surface area (Å²) in [7, 11) is 0. The number of aromatic amines is 1. The molecular formula is C10H15N3O3. The van der Waals surface area contributed by atoms with Crippen molar-refractivity contribution in [1.82, 2.24) is 9.97 Å². The van der Waals surface area contributed by atoms with Crippen molar-refractivity contribution in [2.75, 3.05) is 24.6 Å². The second-order valence-corrected chi connectivity index (χ2v) is 3.09. The van der Waals surface area contributed by atoms with Crippen LogP contribution in [-0.2, 0) is 9.53 Å². The average Bonchev–Trinajstić information content (AvgIpc) is 2.26. The Morgan fingerprint density at radius 3 is 2.88 bits per heavy atom. The van der Waals surface area contributed by atoms with Gasteiger partial charge in [-0.15, -0.1) is 0 Å². The summed E-state index contributed by atoms with van der Waals surface area (Å²) in [6.07, 6.45) is 1.31. The van der Waals surface area contributed by atoms with Gasteiger partial charge in [-0.05, 0) is 13.8 Å². The molecule has 88 valence electrons. The van der Waals surface area contributed by atoms with E-state index in [0.29, 0.717) is 19.0 Å². The van der Waals surface area contributed by atoms with Gasteiger partial charge in [-0.25, -0.2) is 4.98 Å². The van der Waals surface area contributed by atoms with Gasteiger partial charge in [0.1, 0.15) is 12.4 Å². The third-order valence-electron chi connectivity index (χ3n) is 1.99. The smallest absolute Gasteiger partial charge is 0.325 e. The van der Waals surface area contributed by atoms with Crippen LogP contribution in [0.1, 0.15) is 13.8 Å². The number of nitrogens with one attached hydrogen (secondary N) is 1. The van der Waals surface area contributed by atoms with Crippen LogP contribution in [0, 0.1) is 0 Å². The normalized spacial score (nSPS) is 9.88. The van der Waals surface area contributed by atoms with Gasteiger partial charge >= 0.3 is 5.97 Å². The van der Waals surface area contributed by atoms with Crippen LogP contribution in [0.4, 0.5) is 5.82 Å². The highest BCUT2D eigenvalue weighted by molar-refractivity contribution is 5.75. The van der Waals surface area contributed by atoms with Crippen molar-refractivity contribution in [1.29, 1.82) is 0 Å². The van der Waals surface area contributed by atoms with Gasteiger partial charge in [0.2, 0.25) is 0 Å². The number of rotatable bonds is 5. The highest BCUT2D eigenvalue weighted by Gasteiger charge is 2.11. The number of hydrogen-bond acceptors (Lipinski definition) is 5. The van der Waals surface area contributed by atoms with Crippen molar-refractivity contribution in [3.63, 3.8) is 0 Å². The molecule has 1 N–H and O–H groups in total. The molecule has 1 aromatic heterocycles. The molecule has 0 fully saturated rings. The van der Waals surface area contributed by atoms with Crippen LogP contribution in [-0.4, -0.2) is 35.6 Å². The topological polar surface area (TPSA) is 75.3 Å². The van der Waals surface area contributed by atoms with Gasteiger partial charge in [0, 0.05) is 12.6 Å². The van der Waals surface area contributed by atoms with Crippen LogP contribution in [0.2, 0.25) is 0 Å². The number of anilines is 1. The highest BCUT2D eigenvalue weighted by Crippen LogP contribution is 2.05. The van der Waals surface area contributed by atoms with Gasteiger partial charge in [0.25, 0.3) is 5.56 Å². The molecule has 6 heteroatoms. The Hall–Kier alpha value is -1.85. The maximum Gasteiger partial charge on any atom is 0.325 e. The lowest BCUT2D eigenvalue weighted by Gasteiger charge is -2.19. The van der Waals surface area contributed by atoms with Gasteiger partial charge in [-0.2, -0.15) is 0 Å². The predicted octanol–water partition coefficient (Wildman–Crippen LogP) is 0.159. The van der Waals surface area contributed by atoms with E-state index in [4.69, 9.17) is 4.74 Å². The molecule has 0 aliphatic rings. The van der Waals surface area contributed by atoms with E-state index < -0.39 is 0 Å². The minimum atomic E-state index is -0.327. The highest BCUT2D eigenvalue weighted by atomic mass is 16.5. The van der Waals surface area contributed by atoms with E-state index >= 15 is 0 Å². The van der Waals surface area contributed by atoms with Crippen molar-refractivity contribution in [2.45, 2.75) is 13.8 Å². The van der Waals surface area contributed by atoms with Crippen molar-refractivity contribution >= 4 is 11.8 Å². The molecule has 1 rings (SSSR count). The fraction of sp³-hybridized carbons (Fsp3) is 0.500. The molecular weight excluding hydrogens is 210 g/mol. The summed E-state index contributed by atoms with van der Waals surface area (Å²) < 4.78 is 4.83. The number of aromatic nitrogens is 2. The van der Waals surface area contributed by atoms with Crippen LogP contribution >= 0.6 is 0 Å². The number of likely N-dealkylation sites (N-methyl/N-ethyl adjacent to an activating group) is 1. The first kappa shape index (κ1) is 12.2. The molecule has 0 bridgehead atoms. The SMILES string of the molecule is CCOC(=O)CN(CC)c1cc(=O)[nH]cn1. The zero-order valence-electron chi connectivity index (χ0n) is 9.40. The van der Waals surface area contributed by atoms with Crippen molar-refractivity contribution in [3.8, 4) is 0 Å². The summed E-state index contributed by atoms with van der Waals surface area (Å²) in [6, 6.07) is 1.35. The first-order chi connectivity index (χ1) is 7.67. The summed E-state index contributed by atoms with van der Waals surface area (Å²) >= 11 is 0. The molecule has 0 radical (unpaired) electrons. The van der Waals surface area contributed by atoms with Gasteiger partial charge < -0.3 is 14.6 Å². The van der Waals surface area contributed by atoms with Crippen LogP contribution in [0.25, 0.3) is 0 Å². The Labute approximate surface area is 93.3 Å². The quantitative estimate of drug-likeness (QED) is 0.722. The summed E-state index contributed by atoms with van der Waals surface area (Å²) in [6.45, 7) is 4.65. The monoisotopic (exact) mass is 225 g/mol. The third-order valence-corrected chi connectivity index (χ3v) is 1.99. The number of H-pyrrole nitrogens is 1. The van der Waals surface area contributed by atoms with Crippen molar-refractivity contribution in [2.24, 2.45) is 0 Å². The standard InChI is InChI=1S/C10H15N3O3/c1-3-13(6-10(15)16-4-2)8-5-9(14)12-7-11-8/h5,7H,3-4,6H2,1-2H3,(H,11,12,14). The Balaban J connectivity index is 2.74. The lowest BCUT2D eigenvalue weighted by molar-refractivity contribution is -0.141. The maximum atomic E-state index is 11.3. The number of esters is 1. The summed E-state index contributed by atoms with van der Waals surface area (Å²) in [5.74, 6) is 0.144. The summed E-state index contributed by atoms with van der Waals surface area (Å²) in [5.41, 5.74) is -0.243. The summed E-state index contributed by atoms with van der Waals surface area (Å²) in [4.78, 5) is 30.5. The van der Waals surface area contributed by atoms with Gasteiger partial charge in [-0.1, -0.05) is 0 Å². The largest absolute Gasteiger partial charge is 0.465 e. The molecule has 0 amide bonds. The van der Waals surface area contributed by atoms with Gasteiger partial charge in [-0.3, -0.25) is 9.59 Å². The number of carbonyl (C=O) groups is 1. The molecule has 1 heterocycles. The molecule has 0 aliphatic carbocycles. The Morgan fingerprint density at radius 2 is 2.31 bits per heavy atom. The van der Waals surface area contributed by atoms with Crippen LogP contribution < -0.4 is 10.5 Å². The van der Waals surface area contributed by atoms with Crippen LogP contribution in [0.5, 0.6) is 0 Å². The number of carbonyl (C=O) groups excluding carboxylic acids is 1. The first-order valence-corrected chi connectivity index (χ1v) is 5.12. The fourth-order valence-corrected chi connectivity index (χ4v) is 1.25. The Bertz CT molecular complexity index is 402. The van der Waals surface area contributed by atoms with E-state index in [1.54, 1.807) is 11.8 Å². The Kier molecular flexibility index (Phi) is 4.50. The predicted molar refractivity (Wildman–Crippen MR) is 59.4 cm³/mol. The van der Waals surface area contributed by atoms with E-state index in [1.165, 1.54) is 12.4 Å². The number of ether oxygens (including phenoxy) is 1. The molecule has 0 unspecified atom stereocenters. The number of hydrogen-bond donors (Lipinski definition) is 1. The van der Waals surface area contributed by atoms with Crippen molar-refractivity contribution in [3.05, 3.63) is 22.7 Å². The molecule has 6 nitrogen and oxygen atoms in total. The third kappa shape index (κ3) is 3.38. The van der Waals surface area contributed by atoms with E-state index in [2.05, 4.69) is 9.97 Å². The molecule has 0 aliphatic heterocycles. The molecule has 0 aromatic carbocycles. The Morgan fingerprint density at radius 1 is 1.56 bits per heavy atom. The van der Waals surface area contributed by atoms with E-state index in [9.17, 15) is 9.59 Å². The second kappa shape index (κ2) is 5.89. The first-order valence-electron chi connectivity index (χ1n) is 5.12. The van der Waals surface area contributed by atoms with Crippen molar-refractivity contribution < 1.29 is 9.53 Å². The molecule has 0 spiro atoms. The minimum absolute atomic E-state index is 0.0980. The lowest BCUT2D eigenvalue weighted by Crippen LogP contribution is -2.32. The maximum absolute atomic E-state index is 11.3. The van der Waals surface area contributed by atoms with Gasteiger partial charge in [0.15, 0.2) is 0 Å². The second-order valence-electron chi connectivity index (χ2n) is 3.09. The van der Waals surface area contributed by atoms with Crippen LogP contribution in [0.3, 0.4) is 0 Å². The van der Waals surface area contributed by atoms with E-state index in [0.717, 1.165) is 0 Å². The van der Waals surface area contributed by atoms with Crippen LogP contribution in [0.15, 0.2) is 17.2 Å².